The molecule has 0 bridgehead atoms. The van der Waals surface area contributed by atoms with Gasteiger partial charge in [0.2, 0.25) is 11.7 Å². The normalized spacial score (nSPS) is 12.8. The number of nitrogens with one attached hydrogen (secondary N) is 2. The first kappa shape index (κ1) is 18.4. The molecule has 6 nitrogen and oxygen atoms in total. The molecule has 2 aromatic heterocycles. The van der Waals surface area contributed by atoms with Crippen molar-refractivity contribution >= 4 is 28.9 Å². The van der Waals surface area contributed by atoms with E-state index in [1.807, 2.05) is 12.1 Å². The predicted octanol–water partition coefficient (Wildman–Crippen LogP) is 3.92. The third kappa shape index (κ3) is 4.83. The van der Waals surface area contributed by atoms with Crippen LogP contribution < -0.4 is 10.6 Å². The largest absolute Gasteiger partial charge is 0.356 e. The minimum absolute atomic E-state index is 0.396. The predicted molar refractivity (Wildman–Crippen MR) is 106 cm³/mol. The number of hydrogen-bond acceptors (Lipinski definition) is 5. The standard InChI is InChI=1S/C18H20ClN5OS/c1-12(15-4-3-9-26-15)10-21-18(20-2)22-11-16-23-17(24-25-16)13-5-7-14(19)8-6-13/h3-9,12H,10-11H2,1-2H3,(H2,20,21,22). The van der Waals surface area contributed by atoms with E-state index >= 15 is 0 Å². The Morgan fingerprint density at radius 1 is 1.27 bits per heavy atom. The molecular weight excluding hydrogens is 370 g/mol. The van der Waals surface area contributed by atoms with Crippen molar-refractivity contribution in [1.29, 1.82) is 0 Å². The number of nitrogens with zero attached hydrogens (tertiary/aromatic N) is 3. The van der Waals surface area contributed by atoms with E-state index in [-0.39, 0.29) is 0 Å². The minimum atomic E-state index is 0.396. The van der Waals surface area contributed by atoms with Gasteiger partial charge in [-0.1, -0.05) is 29.7 Å². The Kier molecular flexibility index (Phi) is 6.25. The summed E-state index contributed by atoms with van der Waals surface area (Å²) in [6, 6.07) is 11.5. The van der Waals surface area contributed by atoms with Crippen LogP contribution in [0.4, 0.5) is 0 Å². The van der Waals surface area contributed by atoms with Crippen LogP contribution in [-0.4, -0.2) is 29.7 Å². The Labute approximate surface area is 161 Å². The maximum absolute atomic E-state index is 5.90. The summed E-state index contributed by atoms with van der Waals surface area (Å²) in [5.41, 5.74) is 0.858. The van der Waals surface area contributed by atoms with E-state index in [0.29, 0.717) is 35.2 Å². The summed E-state index contributed by atoms with van der Waals surface area (Å²) in [5, 5.41) is 13.3. The number of rotatable bonds is 6. The Morgan fingerprint density at radius 3 is 2.77 bits per heavy atom. The molecule has 0 saturated heterocycles. The number of benzene rings is 1. The first-order valence-electron chi connectivity index (χ1n) is 8.22. The molecule has 0 saturated carbocycles. The fraction of sp³-hybridized carbons (Fsp3) is 0.278. The SMILES string of the molecule is CN=C(NCc1nc(-c2ccc(Cl)cc2)no1)NCC(C)c1cccs1. The second-order valence-electron chi connectivity index (χ2n) is 5.74. The molecule has 1 unspecified atom stereocenters. The fourth-order valence-electron chi connectivity index (χ4n) is 2.34. The third-order valence-corrected chi connectivity index (χ3v) is 5.16. The summed E-state index contributed by atoms with van der Waals surface area (Å²) in [4.78, 5) is 9.96. The molecule has 0 spiro atoms. The first-order valence-corrected chi connectivity index (χ1v) is 9.48. The van der Waals surface area contributed by atoms with Gasteiger partial charge in [0.25, 0.3) is 0 Å². The van der Waals surface area contributed by atoms with Crippen molar-refractivity contribution in [3.05, 3.63) is 57.6 Å². The molecule has 1 aromatic carbocycles. The van der Waals surface area contributed by atoms with E-state index in [4.69, 9.17) is 16.1 Å². The molecule has 3 rings (SSSR count). The van der Waals surface area contributed by atoms with Crippen molar-refractivity contribution in [2.24, 2.45) is 4.99 Å². The van der Waals surface area contributed by atoms with Gasteiger partial charge in [0.05, 0.1) is 6.54 Å². The lowest BCUT2D eigenvalue weighted by Crippen LogP contribution is -2.38. The van der Waals surface area contributed by atoms with Crippen LogP contribution in [0.3, 0.4) is 0 Å². The Hall–Kier alpha value is -2.38. The van der Waals surface area contributed by atoms with Gasteiger partial charge in [0, 0.05) is 35.0 Å². The van der Waals surface area contributed by atoms with Crippen LogP contribution >= 0.6 is 22.9 Å². The molecule has 0 amide bonds. The van der Waals surface area contributed by atoms with E-state index in [0.717, 1.165) is 12.1 Å². The maximum atomic E-state index is 5.90. The van der Waals surface area contributed by atoms with Crippen molar-refractivity contribution in [3.8, 4) is 11.4 Å². The van der Waals surface area contributed by atoms with Gasteiger partial charge in [-0.2, -0.15) is 4.98 Å². The van der Waals surface area contributed by atoms with E-state index in [1.54, 1.807) is 30.5 Å². The number of aliphatic imine (C=N–C) groups is 1. The molecule has 2 heterocycles. The quantitative estimate of drug-likeness (QED) is 0.493. The van der Waals surface area contributed by atoms with Crippen molar-refractivity contribution < 1.29 is 4.52 Å². The molecule has 0 aliphatic carbocycles. The van der Waals surface area contributed by atoms with Crippen LogP contribution in [0.1, 0.15) is 23.6 Å². The number of hydrogen-bond donors (Lipinski definition) is 2. The molecular formula is C18H20ClN5OS. The molecule has 0 fully saturated rings. The highest BCUT2D eigenvalue weighted by Crippen LogP contribution is 2.20. The van der Waals surface area contributed by atoms with Crippen LogP contribution in [0.15, 0.2) is 51.3 Å². The summed E-state index contributed by atoms with van der Waals surface area (Å²) in [6.45, 7) is 3.37. The first-order chi connectivity index (χ1) is 12.7. The van der Waals surface area contributed by atoms with Gasteiger partial charge in [-0.25, -0.2) is 0 Å². The molecule has 136 valence electrons. The highest BCUT2D eigenvalue weighted by Gasteiger charge is 2.10. The van der Waals surface area contributed by atoms with Crippen molar-refractivity contribution in [2.45, 2.75) is 19.4 Å². The third-order valence-electron chi connectivity index (χ3n) is 3.81. The highest BCUT2D eigenvalue weighted by molar-refractivity contribution is 7.10. The van der Waals surface area contributed by atoms with Crippen LogP contribution in [0.2, 0.25) is 5.02 Å². The zero-order valence-electron chi connectivity index (χ0n) is 14.6. The van der Waals surface area contributed by atoms with Crippen molar-refractivity contribution in [1.82, 2.24) is 20.8 Å². The number of halogens is 1. The molecule has 2 N–H and O–H groups in total. The van der Waals surface area contributed by atoms with Gasteiger partial charge in [-0.3, -0.25) is 4.99 Å². The summed E-state index contributed by atoms with van der Waals surface area (Å²) in [6.07, 6.45) is 0. The molecule has 0 aliphatic heterocycles. The van der Waals surface area contributed by atoms with Gasteiger partial charge in [-0.15, -0.1) is 11.3 Å². The van der Waals surface area contributed by atoms with Gasteiger partial charge in [0.1, 0.15) is 0 Å². The molecule has 0 radical (unpaired) electrons. The summed E-state index contributed by atoms with van der Waals surface area (Å²) >= 11 is 7.66. The molecule has 1 atom stereocenters. The summed E-state index contributed by atoms with van der Waals surface area (Å²) in [5.74, 6) is 2.13. The van der Waals surface area contributed by atoms with E-state index in [1.165, 1.54) is 4.88 Å². The Morgan fingerprint density at radius 2 is 2.08 bits per heavy atom. The molecule has 0 aliphatic rings. The van der Waals surface area contributed by atoms with E-state index < -0.39 is 0 Å². The zero-order chi connectivity index (χ0) is 18.4. The zero-order valence-corrected chi connectivity index (χ0v) is 16.1. The fourth-order valence-corrected chi connectivity index (χ4v) is 3.26. The monoisotopic (exact) mass is 389 g/mol. The average Bonchev–Trinajstić information content (AvgIpc) is 3.34. The van der Waals surface area contributed by atoms with Crippen LogP contribution in [0, 0.1) is 0 Å². The Bertz CT molecular complexity index is 845. The van der Waals surface area contributed by atoms with Gasteiger partial charge in [-0.05, 0) is 35.7 Å². The minimum Gasteiger partial charge on any atom is -0.356 e. The van der Waals surface area contributed by atoms with Gasteiger partial charge < -0.3 is 15.2 Å². The molecule has 3 aromatic rings. The second kappa shape index (κ2) is 8.82. The van der Waals surface area contributed by atoms with E-state index in [2.05, 4.69) is 50.2 Å². The lowest BCUT2D eigenvalue weighted by Gasteiger charge is -2.14. The Balaban J connectivity index is 1.52. The smallest absolute Gasteiger partial charge is 0.246 e. The van der Waals surface area contributed by atoms with Crippen LogP contribution in [0.25, 0.3) is 11.4 Å². The summed E-state index contributed by atoms with van der Waals surface area (Å²) < 4.78 is 5.29. The maximum Gasteiger partial charge on any atom is 0.246 e. The van der Waals surface area contributed by atoms with Gasteiger partial charge in [0.15, 0.2) is 5.96 Å². The van der Waals surface area contributed by atoms with Crippen molar-refractivity contribution in [2.75, 3.05) is 13.6 Å². The van der Waals surface area contributed by atoms with Crippen LogP contribution in [-0.2, 0) is 6.54 Å². The van der Waals surface area contributed by atoms with Gasteiger partial charge >= 0.3 is 0 Å². The lowest BCUT2D eigenvalue weighted by atomic mass is 10.1. The lowest BCUT2D eigenvalue weighted by molar-refractivity contribution is 0.375. The molecule has 26 heavy (non-hydrogen) atoms. The van der Waals surface area contributed by atoms with Crippen molar-refractivity contribution in [3.63, 3.8) is 0 Å². The highest BCUT2D eigenvalue weighted by atomic mass is 35.5. The number of guanidine groups is 1. The second-order valence-corrected chi connectivity index (χ2v) is 7.16. The summed E-state index contributed by atoms with van der Waals surface area (Å²) in [7, 11) is 1.73. The number of aromatic nitrogens is 2. The molecule has 8 heteroatoms. The number of thiophene rings is 1. The van der Waals surface area contributed by atoms with Crippen LogP contribution in [0.5, 0.6) is 0 Å². The van der Waals surface area contributed by atoms with E-state index in [9.17, 15) is 0 Å². The topological polar surface area (TPSA) is 75.3 Å². The average molecular weight is 390 g/mol.